The second kappa shape index (κ2) is 4.76. The monoisotopic (exact) mass is 221 g/mol. The minimum Gasteiger partial charge on any atom is -0.398 e. The molecule has 2 rings (SSSR count). The third kappa shape index (κ3) is 2.68. The van der Waals surface area contributed by atoms with Crippen molar-refractivity contribution in [2.24, 2.45) is 0 Å². The lowest BCUT2D eigenvalue weighted by Gasteiger charge is -2.03. The van der Waals surface area contributed by atoms with Crippen LogP contribution in [0.4, 0.5) is 5.69 Å². The Labute approximate surface area is 102 Å². The molecule has 0 aliphatic carbocycles. The van der Waals surface area contributed by atoms with E-state index in [4.69, 9.17) is 5.73 Å². The Morgan fingerprint density at radius 2 is 1.53 bits per heavy atom. The largest absolute Gasteiger partial charge is 0.398 e. The van der Waals surface area contributed by atoms with Crippen LogP contribution in [-0.4, -0.2) is 0 Å². The summed E-state index contributed by atoms with van der Waals surface area (Å²) in [7, 11) is 0. The maximum atomic E-state index is 5.95. The van der Waals surface area contributed by atoms with Gasteiger partial charge in [-0.1, -0.05) is 30.0 Å². The Morgan fingerprint density at radius 3 is 2.24 bits per heavy atom. The molecule has 84 valence electrons. The maximum Gasteiger partial charge on any atom is 0.0481 e. The Hall–Kier alpha value is -2.20. The summed E-state index contributed by atoms with van der Waals surface area (Å²) in [5.74, 6) is 6.24. The predicted octanol–water partition coefficient (Wildman–Crippen LogP) is 3.29. The molecule has 2 aromatic rings. The summed E-state index contributed by atoms with van der Waals surface area (Å²) in [6, 6.07) is 13.9. The van der Waals surface area contributed by atoms with Crippen LogP contribution >= 0.6 is 0 Å². The zero-order valence-corrected chi connectivity index (χ0v) is 10.1. The van der Waals surface area contributed by atoms with Crippen molar-refractivity contribution in [2.75, 3.05) is 5.73 Å². The van der Waals surface area contributed by atoms with E-state index in [1.807, 2.05) is 42.5 Å². The molecule has 0 aliphatic heterocycles. The SMILES string of the molecule is Cc1cc(N)c(C#Cc2ccccc2)cc1C. The van der Waals surface area contributed by atoms with Gasteiger partial charge >= 0.3 is 0 Å². The van der Waals surface area contributed by atoms with Crippen molar-refractivity contribution in [3.63, 3.8) is 0 Å². The zero-order valence-electron chi connectivity index (χ0n) is 10.1. The fraction of sp³-hybridized carbons (Fsp3) is 0.125. The van der Waals surface area contributed by atoms with Crippen LogP contribution in [0.3, 0.4) is 0 Å². The molecule has 1 nitrogen and oxygen atoms in total. The van der Waals surface area contributed by atoms with Crippen molar-refractivity contribution >= 4 is 5.69 Å². The average Bonchev–Trinajstić information content (AvgIpc) is 2.33. The first kappa shape index (κ1) is 11.3. The van der Waals surface area contributed by atoms with Crippen molar-refractivity contribution in [2.45, 2.75) is 13.8 Å². The molecule has 0 aliphatic rings. The van der Waals surface area contributed by atoms with Crippen molar-refractivity contribution in [3.05, 3.63) is 64.7 Å². The quantitative estimate of drug-likeness (QED) is 0.536. The van der Waals surface area contributed by atoms with Gasteiger partial charge in [-0.25, -0.2) is 0 Å². The van der Waals surface area contributed by atoms with E-state index in [1.54, 1.807) is 0 Å². The van der Waals surface area contributed by atoms with Crippen molar-refractivity contribution in [3.8, 4) is 11.8 Å². The molecule has 2 aromatic carbocycles. The molecule has 0 spiro atoms. The van der Waals surface area contributed by atoms with E-state index in [9.17, 15) is 0 Å². The third-order valence-electron chi connectivity index (χ3n) is 2.78. The third-order valence-corrected chi connectivity index (χ3v) is 2.78. The number of aryl methyl sites for hydroxylation is 2. The van der Waals surface area contributed by atoms with E-state index in [-0.39, 0.29) is 0 Å². The lowest BCUT2D eigenvalue weighted by molar-refractivity contribution is 1.33. The summed E-state index contributed by atoms with van der Waals surface area (Å²) in [4.78, 5) is 0. The van der Waals surface area contributed by atoms with Gasteiger partial charge in [-0.2, -0.15) is 0 Å². The molecule has 0 bridgehead atoms. The first-order chi connectivity index (χ1) is 8.16. The van der Waals surface area contributed by atoms with Gasteiger partial charge in [0.05, 0.1) is 0 Å². The highest BCUT2D eigenvalue weighted by molar-refractivity contribution is 5.60. The molecule has 0 heterocycles. The normalized spacial score (nSPS) is 9.53. The number of anilines is 1. The van der Waals surface area contributed by atoms with Crippen LogP contribution in [-0.2, 0) is 0 Å². The number of nitrogens with two attached hydrogens (primary N) is 1. The topological polar surface area (TPSA) is 26.0 Å². The summed E-state index contributed by atoms with van der Waals surface area (Å²) in [6.07, 6.45) is 0. The lowest BCUT2D eigenvalue weighted by atomic mass is 10.0. The summed E-state index contributed by atoms with van der Waals surface area (Å²) in [6.45, 7) is 4.13. The number of benzene rings is 2. The summed E-state index contributed by atoms with van der Waals surface area (Å²) < 4.78 is 0. The number of rotatable bonds is 0. The van der Waals surface area contributed by atoms with Gasteiger partial charge < -0.3 is 5.73 Å². The second-order valence-corrected chi connectivity index (χ2v) is 4.14. The van der Waals surface area contributed by atoms with E-state index in [0.29, 0.717) is 0 Å². The molecule has 0 aromatic heterocycles. The standard InChI is InChI=1S/C16H15N/c1-12-10-15(16(17)11-13(12)2)9-8-14-6-4-3-5-7-14/h3-7,10-11H,17H2,1-2H3. The molecule has 2 N–H and O–H groups in total. The highest BCUT2D eigenvalue weighted by atomic mass is 14.6. The summed E-state index contributed by atoms with van der Waals surface area (Å²) in [5.41, 5.74) is 11.0. The van der Waals surface area contributed by atoms with Gasteiger partial charge in [0.25, 0.3) is 0 Å². The van der Waals surface area contributed by atoms with Crippen LogP contribution in [0.5, 0.6) is 0 Å². The summed E-state index contributed by atoms with van der Waals surface area (Å²) >= 11 is 0. The highest BCUT2D eigenvalue weighted by Crippen LogP contribution is 2.17. The lowest BCUT2D eigenvalue weighted by Crippen LogP contribution is -1.93. The minimum absolute atomic E-state index is 0.747. The van der Waals surface area contributed by atoms with Crippen LogP contribution in [0, 0.1) is 25.7 Å². The molecule has 0 saturated heterocycles. The second-order valence-electron chi connectivity index (χ2n) is 4.14. The van der Waals surface area contributed by atoms with Gasteiger partial charge in [-0.3, -0.25) is 0 Å². The Morgan fingerprint density at radius 1 is 0.882 bits per heavy atom. The van der Waals surface area contributed by atoms with Crippen molar-refractivity contribution in [1.82, 2.24) is 0 Å². The van der Waals surface area contributed by atoms with Crippen LogP contribution in [0.25, 0.3) is 0 Å². The Balaban J connectivity index is 2.38. The summed E-state index contributed by atoms with van der Waals surface area (Å²) in [5, 5.41) is 0. The Bertz CT molecular complexity index is 586. The Kier molecular flexibility index (Phi) is 3.16. The zero-order chi connectivity index (χ0) is 12.3. The first-order valence-corrected chi connectivity index (χ1v) is 5.60. The number of hydrogen-bond donors (Lipinski definition) is 1. The average molecular weight is 221 g/mol. The molecule has 0 atom stereocenters. The van der Waals surface area contributed by atoms with Crippen LogP contribution in [0.2, 0.25) is 0 Å². The van der Waals surface area contributed by atoms with Gasteiger partial charge in [0.1, 0.15) is 0 Å². The van der Waals surface area contributed by atoms with E-state index in [2.05, 4.69) is 25.7 Å². The molecule has 0 amide bonds. The molecule has 0 saturated carbocycles. The van der Waals surface area contributed by atoms with Crippen molar-refractivity contribution < 1.29 is 0 Å². The predicted molar refractivity (Wildman–Crippen MR) is 72.8 cm³/mol. The maximum absolute atomic E-state index is 5.95. The van der Waals surface area contributed by atoms with Crippen LogP contribution in [0.1, 0.15) is 22.3 Å². The van der Waals surface area contributed by atoms with E-state index >= 15 is 0 Å². The molecule has 1 heteroatoms. The molecule has 0 unspecified atom stereocenters. The molecule has 0 radical (unpaired) electrons. The van der Waals surface area contributed by atoms with E-state index < -0.39 is 0 Å². The molecular formula is C16H15N. The first-order valence-electron chi connectivity index (χ1n) is 5.60. The molecule has 17 heavy (non-hydrogen) atoms. The van der Waals surface area contributed by atoms with Gasteiger partial charge in [-0.05, 0) is 49.2 Å². The highest BCUT2D eigenvalue weighted by Gasteiger charge is 1.99. The van der Waals surface area contributed by atoms with Crippen LogP contribution in [0.15, 0.2) is 42.5 Å². The smallest absolute Gasteiger partial charge is 0.0481 e. The van der Waals surface area contributed by atoms with Gasteiger partial charge in [0.15, 0.2) is 0 Å². The fourth-order valence-corrected chi connectivity index (χ4v) is 1.61. The molecular weight excluding hydrogens is 206 g/mol. The fourth-order valence-electron chi connectivity index (χ4n) is 1.61. The van der Waals surface area contributed by atoms with E-state index in [1.165, 1.54) is 11.1 Å². The van der Waals surface area contributed by atoms with Gasteiger partial charge in [-0.15, -0.1) is 0 Å². The number of hydrogen-bond acceptors (Lipinski definition) is 1. The minimum atomic E-state index is 0.747. The van der Waals surface area contributed by atoms with Crippen LogP contribution < -0.4 is 5.73 Å². The molecule has 0 fully saturated rings. The van der Waals surface area contributed by atoms with E-state index in [0.717, 1.165) is 16.8 Å². The van der Waals surface area contributed by atoms with Gasteiger partial charge in [0, 0.05) is 16.8 Å². The number of nitrogen functional groups attached to an aromatic ring is 1. The van der Waals surface area contributed by atoms with Gasteiger partial charge in [0.2, 0.25) is 0 Å². The van der Waals surface area contributed by atoms with Crippen molar-refractivity contribution in [1.29, 1.82) is 0 Å².